The number of nitrogens with zero attached hydrogens (tertiary/aromatic N) is 1. The molecule has 0 unspecified atom stereocenters. The van der Waals surface area contributed by atoms with Gasteiger partial charge in [0.25, 0.3) is 5.91 Å². The molecular formula is C9H13NO2. The van der Waals surface area contributed by atoms with Gasteiger partial charge in [-0.2, -0.15) is 0 Å². The maximum Gasteiger partial charge on any atom is 0.290 e. The van der Waals surface area contributed by atoms with Gasteiger partial charge in [-0.3, -0.25) is 9.59 Å². The number of Topliss-reactive ketones (excluding diaryl/α,β-unsaturated/α-hetero) is 1. The maximum absolute atomic E-state index is 11.3. The molecule has 0 aromatic carbocycles. The number of likely N-dealkylation sites (tertiary alicyclic amines) is 1. The molecule has 3 heteroatoms. The Hall–Kier alpha value is -0.860. The normalized spacial score (nSPS) is 25.8. The molecule has 0 radical (unpaired) electrons. The second-order valence-corrected chi connectivity index (χ2v) is 3.61. The van der Waals surface area contributed by atoms with Crippen molar-refractivity contribution in [1.82, 2.24) is 4.90 Å². The average Bonchev–Trinajstić information content (AvgIpc) is 2.64. The minimum Gasteiger partial charge on any atom is -0.333 e. The summed E-state index contributed by atoms with van der Waals surface area (Å²) >= 11 is 0. The van der Waals surface area contributed by atoms with Gasteiger partial charge in [0.2, 0.25) is 5.78 Å². The van der Waals surface area contributed by atoms with Gasteiger partial charge in [-0.1, -0.05) is 12.8 Å². The molecule has 2 rings (SSSR count). The molecule has 0 atom stereocenters. The summed E-state index contributed by atoms with van der Waals surface area (Å²) < 4.78 is 0. The van der Waals surface area contributed by atoms with Gasteiger partial charge in [-0.15, -0.1) is 0 Å². The lowest BCUT2D eigenvalue weighted by molar-refractivity contribution is -0.141. The van der Waals surface area contributed by atoms with Crippen LogP contribution in [-0.4, -0.2) is 29.2 Å². The quantitative estimate of drug-likeness (QED) is 0.540. The second kappa shape index (κ2) is 2.88. The first-order valence-electron chi connectivity index (χ1n) is 4.63. The SMILES string of the molecule is O=C1CCN(C2CCCC2)C1=O. The van der Waals surface area contributed by atoms with Crippen LogP contribution in [0, 0.1) is 0 Å². The Kier molecular flexibility index (Phi) is 1.87. The summed E-state index contributed by atoms with van der Waals surface area (Å²) in [4.78, 5) is 24.0. The van der Waals surface area contributed by atoms with Crippen molar-refractivity contribution in [1.29, 1.82) is 0 Å². The number of carbonyl (C=O) groups is 2. The zero-order chi connectivity index (χ0) is 8.55. The summed E-state index contributed by atoms with van der Waals surface area (Å²) in [7, 11) is 0. The smallest absolute Gasteiger partial charge is 0.290 e. The van der Waals surface area contributed by atoms with E-state index in [0.717, 1.165) is 12.8 Å². The van der Waals surface area contributed by atoms with Crippen molar-refractivity contribution >= 4 is 11.7 Å². The van der Waals surface area contributed by atoms with Gasteiger partial charge in [0.15, 0.2) is 0 Å². The largest absolute Gasteiger partial charge is 0.333 e. The Labute approximate surface area is 71.7 Å². The highest BCUT2D eigenvalue weighted by atomic mass is 16.2. The fourth-order valence-electron chi connectivity index (χ4n) is 2.15. The molecule has 66 valence electrons. The van der Waals surface area contributed by atoms with Gasteiger partial charge in [-0.05, 0) is 12.8 Å². The van der Waals surface area contributed by atoms with Crippen LogP contribution >= 0.6 is 0 Å². The predicted octanol–water partition coefficient (Wildman–Crippen LogP) is 0.730. The van der Waals surface area contributed by atoms with Gasteiger partial charge in [0.05, 0.1) is 0 Å². The van der Waals surface area contributed by atoms with E-state index in [1.54, 1.807) is 4.90 Å². The third-order valence-corrected chi connectivity index (χ3v) is 2.84. The van der Waals surface area contributed by atoms with E-state index in [-0.39, 0.29) is 11.7 Å². The monoisotopic (exact) mass is 167 g/mol. The first-order valence-corrected chi connectivity index (χ1v) is 4.63. The molecule has 0 N–H and O–H groups in total. The Bertz CT molecular complexity index is 219. The topological polar surface area (TPSA) is 37.4 Å². The van der Waals surface area contributed by atoms with Crippen molar-refractivity contribution in [3.8, 4) is 0 Å². The molecule has 0 bridgehead atoms. The lowest BCUT2D eigenvalue weighted by Gasteiger charge is -2.21. The van der Waals surface area contributed by atoms with Gasteiger partial charge in [-0.25, -0.2) is 0 Å². The lowest BCUT2D eigenvalue weighted by atomic mass is 10.2. The van der Waals surface area contributed by atoms with E-state index in [4.69, 9.17) is 0 Å². The highest BCUT2D eigenvalue weighted by Gasteiger charge is 2.35. The van der Waals surface area contributed by atoms with Crippen molar-refractivity contribution in [3.05, 3.63) is 0 Å². The van der Waals surface area contributed by atoms with Gasteiger partial charge < -0.3 is 4.90 Å². The molecule has 1 aliphatic carbocycles. The van der Waals surface area contributed by atoms with E-state index in [2.05, 4.69) is 0 Å². The van der Waals surface area contributed by atoms with Crippen molar-refractivity contribution in [2.75, 3.05) is 6.54 Å². The van der Waals surface area contributed by atoms with Crippen LogP contribution in [0.15, 0.2) is 0 Å². The van der Waals surface area contributed by atoms with E-state index in [1.807, 2.05) is 0 Å². The first-order chi connectivity index (χ1) is 5.79. The van der Waals surface area contributed by atoms with Crippen LogP contribution in [0.5, 0.6) is 0 Å². The number of rotatable bonds is 1. The zero-order valence-electron chi connectivity index (χ0n) is 7.08. The van der Waals surface area contributed by atoms with Crippen LogP contribution in [0.1, 0.15) is 32.1 Å². The van der Waals surface area contributed by atoms with Crippen LogP contribution in [0.2, 0.25) is 0 Å². The molecule has 3 nitrogen and oxygen atoms in total. The van der Waals surface area contributed by atoms with Crippen molar-refractivity contribution in [2.24, 2.45) is 0 Å². The van der Waals surface area contributed by atoms with Crippen LogP contribution in [0.4, 0.5) is 0 Å². The van der Waals surface area contributed by atoms with E-state index in [9.17, 15) is 9.59 Å². The molecule has 1 saturated carbocycles. The number of carbonyl (C=O) groups excluding carboxylic acids is 2. The molecule has 2 fully saturated rings. The number of amides is 1. The van der Waals surface area contributed by atoms with Crippen molar-refractivity contribution in [3.63, 3.8) is 0 Å². The molecule has 1 amide bonds. The molecule has 0 aromatic rings. The Morgan fingerprint density at radius 1 is 1.17 bits per heavy atom. The number of ketones is 1. The standard InChI is InChI=1S/C9H13NO2/c11-8-5-6-10(9(8)12)7-3-1-2-4-7/h7H,1-6H2. The molecular weight excluding hydrogens is 154 g/mol. The molecule has 0 aromatic heterocycles. The summed E-state index contributed by atoms with van der Waals surface area (Å²) in [5.74, 6) is -0.427. The predicted molar refractivity (Wildman–Crippen MR) is 43.6 cm³/mol. The average molecular weight is 167 g/mol. The third kappa shape index (κ3) is 1.13. The summed E-state index contributed by atoms with van der Waals surface area (Å²) in [5.41, 5.74) is 0. The van der Waals surface area contributed by atoms with Crippen LogP contribution in [-0.2, 0) is 9.59 Å². The maximum atomic E-state index is 11.3. The van der Waals surface area contributed by atoms with Crippen LogP contribution in [0.3, 0.4) is 0 Å². The Morgan fingerprint density at radius 3 is 2.33 bits per heavy atom. The molecule has 1 saturated heterocycles. The summed E-state index contributed by atoms with van der Waals surface area (Å²) in [5, 5.41) is 0. The third-order valence-electron chi connectivity index (χ3n) is 2.84. The van der Waals surface area contributed by atoms with Crippen LogP contribution < -0.4 is 0 Å². The van der Waals surface area contributed by atoms with Gasteiger partial charge >= 0.3 is 0 Å². The summed E-state index contributed by atoms with van der Waals surface area (Å²) in [6.07, 6.45) is 5.05. The number of hydrogen-bond donors (Lipinski definition) is 0. The minimum atomic E-state index is -0.234. The van der Waals surface area contributed by atoms with E-state index in [1.165, 1.54) is 12.8 Å². The fourth-order valence-corrected chi connectivity index (χ4v) is 2.15. The van der Waals surface area contributed by atoms with E-state index < -0.39 is 0 Å². The minimum absolute atomic E-state index is 0.193. The molecule has 2 aliphatic rings. The van der Waals surface area contributed by atoms with E-state index >= 15 is 0 Å². The Balaban J connectivity index is 2.04. The van der Waals surface area contributed by atoms with Crippen molar-refractivity contribution in [2.45, 2.75) is 38.1 Å². The lowest BCUT2D eigenvalue weighted by Crippen LogP contribution is -2.35. The molecule has 1 aliphatic heterocycles. The van der Waals surface area contributed by atoms with Gasteiger partial charge in [0.1, 0.15) is 0 Å². The second-order valence-electron chi connectivity index (χ2n) is 3.61. The summed E-state index contributed by atoms with van der Waals surface area (Å²) in [6.45, 7) is 0.669. The number of hydrogen-bond acceptors (Lipinski definition) is 2. The first kappa shape index (κ1) is 7.77. The zero-order valence-corrected chi connectivity index (χ0v) is 7.08. The summed E-state index contributed by atoms with van der Waals surface area (Å²) in [6, 6.07) is 0.379. The van der Waals surface area contributed by atoms with Crippen molar-refractivity contribution < 1.29 is 9.59 Å². The highest BCUT2D eigenvalue weighted by molar-refractivity contribution is 6.37. The van der Waals surface area contributed by atoms with E-state index in [0.29, 0.717) is 19.0 Å². The van der Waals surface area contributed by atoms with Crippen LogP contribution in [0.25, 0.3) is 0 Å². The molecule has 12 heavy (non-hydrogen) atoms. The molecule has 0 spiro atoms. The molecule has 1 heterocycles. The van der Waals surface area contributed by atoms with Gasteiger partial charge in [0, 0.05) is 19.0 Å². The highest BCUT2D eigenvalue weighted by Crippen LogP contribution is 2.25. The fraction of sp³-hybridized carbons (Fsp3) is 0.778. The Morgan fingerprint density at radius 2 is 1.83 bits per heavy atom.